The van der Waals surface area contributed by atoms with Crippen LogP contribution in [0.15, 0.2) is 42.5 Å². The van der Waals surface area contributed by atoms with Gasteiger partial charge >= 0.3 is 0 Å². The number of carbonyl (C=O) groups is 1. The van der Waals surface area contributed by atoms with Crippen LogP contribution in [0.25, 0.3) is 0 Å². The number of benzene rings is 2. The van der Waals surface area contributed by atoms with E-state index in [0.29, 0.717) is 13.0 Å². The zero-order valence-corrected chi connectivity index (χ0v) is 12.9. The van der Waals surface area contributed by atoms with Gasteiger partial charge in [0.25, 0.3) is 0 Å². The van der Waals surface area contributed by atoms with Gasteiger partial charge in [-0.1, -0.05) is 29.8 Å². The summed E-state index contributed by atoms with van der Waals surface area (Å²) >= 11 is 0. The van der Waals surface area contributed by atoms with Gasteiger partial charge in [0, 0.05) is 18.8 Å². The fourth-order valence-corrected chi connectivity index (χ4v) is 2.53. The van der Waals surface area contributed by atoms with E-state index in [4.69, 9.17) is 4.74 Å². The summed E-state index contributed by atoms with van der Waals surface area (Å²) in [6.45, 7) is 3.59. The number of aryl methyl sites for hydroxylation is 1. The van der Waals surface area contributed by atoms with Crippen LogP contribution in [0.2, 0.25) is 0 Å². The smallest absolute Gasteiger partial charge is 0.228 e. The van der Waals surface area contributed by atoms with Gasteiger partial charge in [0.15, 0.2) is 0 Å². The predicted molar refractivity (Wildman–Crippen MR) is 88.7 cm³/mol. The minimum Gasteiger partial charge on any atom is -0.489 e. The van der Waals surface area contributed by atoms with E-state index in [2.05, 4.69) is 10.2 Å². The van der Waals surface area contributed by atoms with Crippen LogP contribution >= 0.6 is 0 Å². The molecule has 0 bridgehead atoms. The monoisotopic (exact) mass is 296 g/mol. The molecule has 0 fully saturated rings. The standard InChI is InChI=1S/C18H20N2O2/c1-13-3-5-14(6-4-13)11-18(21)19-15-7-8-16-17(12-15)22-10-9-20(16)2/h3-8,12H,9-11H2,1-2H3,(H,19,21). The molecule has 1 heterocycles. The molecule has 0 radical (unpaired) electrons. The normalized spacial score (nSPS) is 13.3. The first-order valence-corrected chi connectivity index (χ1v) is 7.45. The number of hydrogen-bond acceptors (Lipinski definition) is 3. The molecule has 0 spiro atoms. The fraction of sp³-hybridized carbons (Fsp3) is 0.278. The summed E-state index contributed by atoms with van der Waals surface area (Å²) in [5, 5.41) is 2.93. The molecule has 0 aliphatic carbocycles. The van der Waals surface area contributed by atoms with Crippen molar-refractivity contribution in [3.63, 3.8) is 0 Å². The number of amides is 1. The second kappa shape index (κ2) is 6.10. The minimum atomic E-state index is -0.0204. The van der Waals surface area contributed by atoms with Crippen LogP contribution in [0.4, 0.5) is 11.4 Å². The molecular weight excluding hydrogens is 276 g/mol. The van der Waals surface area contributed by atoms with E-state index >= 15 is 0 Å². The number of likely N-dealkylation sites (N-methyl/N-ethyl adjacent to an activating group) is 1. The third-order valence-electron chi connectivity index (χ3n) is 3.82. The molecule has 1 amide bonds. The quantitative estimate of drug-likeness (QED) is 0.946. The van der Waals surface area contributed by atoms with E-state index in [9.17, 15) is 4.79 Å². The predicted octanol–water partition coefficient (Wildman–Crippen LogP) is 3.00. The molecule has 2 aromatic rings. The second-order valence-corrected chi connectivity index (χ2v) is 5.66. The van der Waals surface area contributed by atoms with Crippen LogP contribution in [0.5, 0.6) is 5.75 Å². The Morgan fingerprint density at radius 1 is 1.23 bits per heavy atom. The third-order valence-corrected chi connectivity index (χ3v) is 3.82. The average Bonchev–Trinajstić information content (AvgIpc) is 2.50. The zero-order valence-electron chi connectivity index (χ0n) is 12.9. The van der Waals surface area contributed by atoms with Crippen LogP contribution in [0, 0.1) is 6.92 Å². The first-order valence-electron chi connectivity index (χ1n) is 7.45. The van der Waals surface area contributed by atoms with Gasteiger partial charge in [-0.15, -0.1) is 0 Å². The van der Waals surface area contributed by atoms with Gasteiger partial charge in [0.2, 0.25) is 5.91 Å². The maximum Gasteiger partial charge on any atom is 0.228 e. The number of hydrogen-bond donors (Lipinski definition) is 1. The molecule has 0 saturated carbocycles. The van der Waals surface area contributed by atoms with Crippen LogP contribution in [-0.2, 0) is 11.2 Å². The van der Waals surface area contributed by atoms with Crippen molar-refractivity contribution in [2.75, 3.05) is 30.4 Å². The average molecular weight is 296 g/mol. The first kappa shape index (κ1) is 14.4. The number of rotatable bonds is 3. The lowest BCUT2D eigenvalue weighted by molar-refractivity contribution is -0.115. The van der Waals surface area contributed by atoms with E-state index in [1.807, 2.05) is 56.4 Å². The Balaban J connectivity index is 1.68. The van der Waals surface area contributed by atoms with Gasteiger partial charge in [0.05, 0.1) is 18.7 Å². The highest BCUT2D eigenvalue weighted by atomic mass is 16.5. The number of anilines is 2. The highest BCUT2D eigenvalue weighted by molar-refractivity contribution is 5.92. The number of nitrogens with zero attached hydrogens (tertiary/aromatic N) is 1. The summed E-state index contributed by atoms with van der Waals surface area (Å²) in [6.07, 6.45) is 0.373. The Bertz CT molecular complexity index is 680. The summed E-state index contributed by atoms with van der Waals surface area (Å²) in [5.41, 5.74) is 4.03. The van der Waals surface area contributed by atoms with E-state index in [-0.39, 0.29) is 5.91 Å². The van der Waals surface area contributed by atoms with Crippen LogP contribution in [0.3, 0.4) is 0 Å². The first-order chi connectivity index (χ1) is 10.6. The van der Waals surface area contributed by atoms with E-state index in [1.54, 1.807) is 0 Å². The SMILES string of the molecule is Cc1ccc(CC(=O)Nc2ccc3c(c2)OCCN3C)cc1. The van der Waals surface area contributed by atoms with Crippen molar-refractivity contribution in [2.45, 2.75) is 13.3 Å². The molecule has 4 heteroatoms. The number of fused-ring (bicyclic) bond motifs is 1. The summed E-state index contributed by atoms with van der Waals surface area (Å²) in [7, 11) is 2.04. The fourth-order valence-electron chi connectivity index (χ4n) is 2.53. The van der Waals surface area contributed by atoms with Gasteiger partial charge in [-0.05, 0) is 24.6 Å². The molecule has 4 nitrogen and oxygen atoms in total. The van der Waals surface area contributed by atoms with Gasteiger partial charge < -0.3 is 15.0 Å². The molecular formula is C18H20N2O2. The molecule has 1 aliphatic rings. The Labute approximate surface area is 130 Å². The molecule has 1 aliphatic heterocycles. The van der Waals surface area contributed by atoms with Crippen LogP contribution in [-0.4, -0.2) is 26.1 Å². The highest BCUT2D eigenvalue weighted by Crippen LogP contribution is 2.33. The topological polar surface area (TPSA) is 41.6 Å². The molecule has 3 rings (SSSR count). The molecule has 114 valence electrons. The van der Waals surface area contributed by atoms with E-state index in [1.165, 1.54) is 5.56 Å². The zero-order chi connectivity index (χ0) is 15.5. The van der Waals surface area contributed by atoms with Crippen molar-refractivity contribution in [1.82, 2.24) is 0 Å². The highest BCUT2D eigenvalue weighted by Gasteiger charge is 2.15. The van der Waals surface area contributed by atoms with Gasteiger partial charge in [0.1, 0.15) is 12.4 Å². The molecule has 1 N–H and O–H groups in total. The third kappa shape index (κ3) is 3.22. The van der Waals surface area contributed by atoms with Crippen molar-refractivity contribution in [1.29, 1.82) is 0 Å². The lowest BCUT2D eigenvalue weighted by Gasteiger charge is -2.27. The van der Waals surface area contributed by atoms with Crippen LogP contribution < -0.4 is 15.0 Å². The lowest BCUT2D eigenvalue weighted by Crippen LogP contribution is -2.28. The minimum absolute atomic E-state index is 0.0204. The Kier molecular flexibility index (Phi) is 4.00. The molecule has 0 unspecified atom stereocenters. The van der Waals surface area contributed by atoms with E-state index < -0.39 is 0 Å². The molecule has 22 heavy (non-hydrogen) atoms. The van der Waals surface area contributed by atoms with Gasteiger partial charge in [-0.3, -0.25) is 4.79 Å². The van der Waals surface area contributed by atoms with Crippen molar-refractivity contribution in [2.24, 2.45) is 0 Å². The Morgan fingerprint density at radius 3 is 2.77 bits per heavy atom. The van der Waals surface area contributed by atoms with Crippen LogP contribution in [0.1, 0.15) is 11.1 Å². The number of carbonyl (C=O) groups excluding carboxylic acids is 1. The number of ether oxygens (including phenoxy) is 1. The Hall–Kier alpha value is -2.49. The molecule has 0 atom stereocenters. The molecule has 0 aromatic heterocycles. The summed E-state index contributed by atoms with van der Waals surface area (Å²) in [4.78, 5) is 14.3. The largest absolute Gasteiger partial charge is 0.489 e. The van der Waals surface area contributed by atoms with E-state index in [0.717, 1.165) is 29.2 Å². The van der Waals surface area contributed by atoms with Crippen molar-refractivity contribution < 1.29 is 9.53 Å². The van der Waals surface area contributed by atoms with Crippen molar-refractivity contribution in [3.05, 3.63) is 53.6 Å². The lowest BCUT2D eigenvalue weighted by atomic mass is 10.1. The second-order valence-electron chi connectivity index (χ2n) is 5.66. The number of nitrogens with one attached hydrogen (secondary N) is 1. The summed E-state index contributed by atoms with van der Waals surface area (Å²) in [5.74, 6) is 0.801. The molecule has 0 saturated heterocycles. The van der Waals surface area contributed by atoms with Gasteiger partial charge in [-0.25, -0.2) is 0 Å². The summed E-state index contributed by atoms with van der Waals surface area (Å²) < 4.78 is 5.65. The Morgan fingerprint density at radius 2 is 2.00 bits per heavy atom. The maximum absolute atomic E-state index is 12.1. The van der Waals surface area contributed by atoms with Gasteiger partial charge in [-0.2, -0.15) is 0 Å². The molecule has 2 aromatic carbocycles. The maximum atomic E-state index is 12.1. The summed E-state index contributed by atoms with van der Waals surface area (Å²) in [6, 6.07) is 13.8. The van der Waals surface area contributed by atoms with Crippen molar-refractivity contribution in [3.8, 4) is 5.75 Å². The van der Waals surface area contributed by atoms with Crippen molar-refractivity contribution >= 4 is 17.3 Å².